The minimum Gasteiger partial charge on any atom is -1.00 e. The number of hydrogen-bond donors (Lipinski definition) is 0. The number of amides is 2. The fraction of sp³-hybridized carbons (Fsp3) is 0.781. The van der Waals surface area contributed by atoms with Gasteiger partial charge in [0, 0.05) is 32.1 Å². The topological polar surface area (TPSA) is 69.0 Å². The largest absolute Gasteiger partial charge is 1.00 e. The number of nitrogens with zero attached hydrogens (tertiary/aromatic N) is 2. The Morgan fingerprint density at radius 3 is 1.98 bits per heavy atom. The molecule has 0 radical (unpaired) electrons. The predicted octanol–water partition coefficient (Wildman–Crippen LogP) is 4.14. The van der Waals surface area contributed by atoms with Gasteiger partial charge in [-0.25, -0.2) is 14.3 Å². The van der Waals surface area contributed by atoms with Gasteiger partial charge in [0.1, 0.15) is 19.7 Å². The van der Waals surface area contributed by atoms with Gasteiger partial charge in [0.05, 0.1) is 18.8 Å². The molecule has 1 fully saturated rings. The number of ether oxygens (including phenoxy) is 3. The van der Waals surface area contributed by atoms with Crippen LogP contribution in [0.5, 0.6) is 0 Å². The fourth-order valence-electron chi connectivity index (χ4n) is 5.05. The number of aryl methyl sites for hydroxylation is 1. The number of rotatable bonds is 22. The molecule has 2 atom stereocenters. The molecule has 0 aliphatic carbocycles. The second-order valence-electron chi connectivity index (χ2n) is 10.9. The zero-order valence-electron chi connectivity index (χ0n) is 25.4. The predicted molar refractivity (Wildman–Crippen MR) is 154 cm³/mol. The highest BCUT2D eigenvalue weighted by Crippen LogP contribution is 2.22. The van der Waals surface area contributed by atoms with E-state index in [1.807, 2.05) is 35.9 Å². The third-order valence-electron chi connectivity index (χ3n) is 7.55. The third-order valence-corrected chi connectivity index (χ3v) is 7.55. The molecule has 1 aromatic rings. The molecule has 1 aliphatic rings. The standard InChI is InChI=1S/C32H55N2O5.HI/c1-4-6-7-8-9-10-11-12-13-14-15-16-17-20-23-37-26-30-24-31(39-30)27-38-32(36)34(28(3)35)25-29-21-18-19-22-33(29)5-2;/h18-19,21-22,30-31H,4-17,20,23-27H2,1-3H3;1H/q+1;/p-1/t30-,31-;/m0./s1. The Kier molecular flexibility index (Phi) is 21.4. The molecule has 0 unspecified atom stereocenters. The molecule has 230 valence electrons. The number of halogens is 1. The van der Waals surface area contributed by atoms with E-state index in [2.05, 4.69) is 6.92 Å². The molecule has 0 aromatic carbocycles. The molecule has 1 aromatic heterocycles. The molecule has 0 N–H and O–H groups in total. The third kappa shape index (κ3) is 15.7. The summed E-state index contributed by atoms with van der Waals surface area (Å²) in [7, 11) is 0. The van der Waals surface area contributed by atoms with Gasteiger partial charge in [-0.2, -0.15) is 0 Å². The maximum absolute atomic E-state index is 12.5. The van der Waals surface area contributed by atoms with E-state index in [4.69, 9.17) is 14.2 Å². The lowest BCUT2D eigenvalue weighted by molar-refractivity contribution is -0.701. The van der Waals surface area contributed by atoms with Gasteiger partial charge < -0.3 is 38.2 Å². The smallest absolute Gasteiger partial charge is 0.417 e. The second kappa shape index (κ2) is 23.3. The van der Waals surface area contributed by atoms with Crippen LogP contribution in [0.4, 0.5) is 4.79 Å². The Morgan fingerprint density at radius 2 is 1.43 bits per heavy atom. The van der Waals surface area contributed by atoms with Crippen molar-refractivity contribution in [2.24, 2.45) is 0 Å². The summed E-state index contributed by atoms with van der Waals surface area (Å²) in [5, 5.41) is 0. The van der Waals surface area contributed by atoms with E-state index in [1.54, 1.807) is 0 Å². The van der Waals surface area contributed by atoms with Crippen molar-refractivity contribution in [2.45, 2.75) is 142 Å². The number of aromatic nitrogens is 1. The van der Waals surface area contributed by atoms with Crippen LogP contribution < -0.4 is 28.5 Å². The molecule has 8 heteroatoms. The molecular weight excluding hydrogens is 619 g/mol. The Morgan fingerprint density at radius 1 is 0.875 bits per heavy atom. The molecule has 1 aliphatic heterocycles. The minimum atomic E-state index is -0.630. The lowest BCUT2D eigenvalue weighted by atomic mass is 10.0. The highest BCUT2D eigenvalue weighted by molar-refractivity contribution is 5.90. The first-order chi connectivity index (χ1) is 19.0. The van der Waals surface area contributed by atoms with Crippen molar-refractivity contribution in [3.05, 3.63) is 30.1 Å². The summed E-state index contributed by atoms with van der Waals surface area (Å²) in [5.41, 5.74) is 0.878. The lowest BCUT2D eigenvalue weighted by Crippen LogP contribution is -3.00. The summed E-state index contributed by atoms with van der Waals surface area (Å²) < 4.78 is 19.0. The number of unbranched alkanes of at least 4 members (excludes halogenated alkanes) is 13. The van der Waals surface area contributed by atoms with E-state index >= 15 is 0 Å². The molecule has 2 heterocycles. The number of carbonyl (C=O) groups is 2. The molecule has 0 spiro atoms. The van der Waals surface area contributed by atoms with Crippen LogP contribution in [0.2, 0.25) is 0 Å². The monoisotopic (exact) mass is 674 g/mol. The average Bonchev–Trinajstić information content (AvgIpc) is 2.91. The van der Waals surface area contributed by atoms with Crippen molar-refractivity contribution in [3.63, 3.8) is 0 Å². The van der Waals surface area contributed by atoms with E-state index in [1.165, 1.54) is 90.4 Å². The van der Waals surface area contributed by atoms with Gasteiger partial charge in [-0.05, 0) is 13.3 Å². The summed E-state index contributed by atoms with van der Waals surface area (Å²) in [6, 6.07) is 5.73. The van der Waals surface area contributed by atoms with Crippen molar-refractivity contribution in [3.8, 4) is 0 Å². The summed E-state index contributed by atoms with van der Waals surface area (Å²) >= 11 is 0. The zero-order valence-corrected chi connectivity index (χ0v) is 27.6. The first-order valence-electron chi connectivity index (χ1n) is 15.7. The normalized spacial score (nSPS) is 16.2. The van der Waals surface area contributed by atoms with Crippen LogP contribution in [-0.2, 0) is 32.1 Å². The average molecular weight is 675 g/mol. The van der Waals surface area contributed by atoms with Gasteiger partial charge in [0.2, 0.25) is 11.6 Å². The summed E-state index contributed by atoms with van der Waals surface area (Å²) in [6.07, 6.45) is 21.0. The maximum Gasteiger partial charge on any atom is 0.417 e. The van der Waals surface area contributed by atoms with Crippen LogP contribution >= 0.6 is 0 Å². The molecular formula is C32H55IN2O5. The van der Waals surface area contributed by atoms with Crippen molar-refractivity contribution in [1.82, 2.24) is 4.90 Å². The zero-order chi connectivity index (χ0) is 28.1. The van der Waals surface area contributed by atoms with E-state index in [0.717, 1.165) is 36.6 Å². The van der Waals surface area contributed by atoms with Crippen LogP contribution in [0.3, 0.4) is 0 Å². The number of carbonyl (C=O) groups excluding carboxylic acids is 2. The Labute approximate surface area is 260 Å². The van der Waals surface area contributed by atoms with Gasteiger partial charge in [0.15, 0.2) is 6.20 Å². The Hall–Kier alpha value is -1.26. The SMILES string of the molecule is CCCCCCCCCCCCCCCCOC[C@@H]1C[C@@H](COC(=O)N(Cc2cccc[n+]2CC)C(C)=O)O1.[I-]. The van der Waals surface area contributed by atoms with Crippen LogP contribution in [0.1, 0.15) is 123 Å². The molecule has 1 saturated heterocycles. The summed E-state index contributed by atoms with van der Waals surface area (Å²) in [4.78, 5) is 25.7. The van der Waals surface area contributed by atoms with E-state index < -0.39 is 6.09 Å². The molecule has 2 rings (SSSR count). The van der Waals surface area contributed by atoms with Crippen LogP contribution in [-0.4, -0.2) is 48.9 Å². The Bertz CT molecular complexity index is 803. The number of pyridine rings is 1. The van der Waals surface area contributed by atoms with Crippen LogP contribution in [0.15, 0.2) is 24.4 Å². The molecule has 2 amide bonds. The maximum atomic E-state index is 12.5. The summed E-state index contributed by atoms with van der Waals surface area (Å²) in [6.45, 7) is 8.15. The van der Waals surface area contributed by atoms with E-state index in [9.17, 15) is 9.59 Å². The van der Waals surface area contributed by atoms with E-state index in [0.29, 0.717) is 6.61 Å². The lowest BCUT2D eigenvalue weighted by Gasteiger charge is -2.35. The van der Waals surface area contributed by atoms with Gasteiger partial charge in [-0.1, -0.05) is 96.5 Å². The number of imide groups is 1. The van der Waals surface area contributed by atoms with Crippen LogP contribution in [0, 0.1) is 0 Å². The van der Waals surface area contributed by atoms with Crippen molar-refractivity contribution < 1.29 is 52.3 Å². The van der Waals surface area contributed by atoms with Gasteiger partial charge in [0.25, 0.3) is 0 Å². The molecule has 0 saturated carbocycles. The molecule has 0 bridgehead atoms. The highest BCUT2D eigenvalue weighted by atomic mass is 127. The first-order valence-corrected chi connectivity index (χ1v) is 15.7. The molecule has 7 nitrogen and oxygen atoms in total. The Balaban J connectivity index is 0.00000800. The summed E-state index contributed by atoms with van der Waals surface area (Å²) in [5.74, 6) is -0.337. The first kappa shape index (κ1) is 36.8. The van der Waals surface area contributed by atoms with Crippen molar-refractivity contribution in [2.75, 3.05) is 19.8 Å². The van der Waals surface area contributed by atoms with Crippen molar-refractivity contribution in [1.29, 1.82) is 0 Å². The minimum absolute atomic E-state index is 0. The van der Waals surface area contributed by atoms with Crippen LogP contribution in [0.25, 0.3) is 0 Å². The fourth-order valence-corrected chi connectivity index (χ4v) is 5.05. The van der Waals surface area contributed by atoms with E-state index in [-0.39, 0.29) is 55.2 Å². The molecule has 40 heavy (non-hydrogen) atoms. The highest BCUT2D eigenvalue weighted by Gasteiger charge is 2.32. The number of hydrogen-bond acceptors (Lipinski definition) is 5. The van der Waals surface area contributed by atoms with Gasteiger partial charge in [-0.3, -0.25) is 4.79 Å². The quantitative estimate of drug-likeness (QED) is 0.105. The van der Waals surface area contributed by atoms with Crippen molar-refractivity contribution >= 4 is 12.0 Å². The van der Waals surface area contributed by atoms with Gasteiger partial charge >= 0.3 is 6.09 Å². The second-order valence-corrected chi connectivity index (χ2v) is 10.9. The van der Waals surface area contributed by atoms with Gasteiger partial charge in [-0.15, -0.1) is 0 Å².